The maximum Gasteiger partial charge on any atom is 0.333 e. The Hall–Kier alpha value is -3.01. The Morgan fingerprint density at radius 1 is 1.42 bits per heavy atom. The second-order valence-electron chi connectivity index (χ2n) is 4.87. The maximum atomic E-state index is 11.9. The summed E-state index contributed by atoms with van der Waals surface area (Å²) in [5.41, 5.74) is 2.14. The third kappa shape index (κ3) is 3.33. The summed E-state index contributed by atoms with van der Waals surface area (Å²) in [4.78, 5) is 24.9. The largest absolute Gasteiger partial charge is 0.333 e. The number of hydrogen-bond acceptors (Lipinski definition) is 7. The van der Waals surface area contributed by atoms with Crippen LogP contribution < -0.4 is 5.32 Å². The Kier molecular flexibility index (Phi) is 4.38. The number of nitrogens with zero attached hydrogens (tertiary/aromatic N) is 7. The molecule has 10 heteroatoms. The third-order valence-electron chi connectivity index (χ3n) is 3.04. The van der Waals surface area contributed by atoms with E-state index in [2.05, 4.69) is 50.0 Å². The average Bonchev–Trinajstić information content (AvgIpc) is 3.01. The van der Waals surface area contributed by atoms with Crippen molar-refractivity contribution >= 4 is 35.8 Å². The molecule has 0 radical (unpaired) electrons. The number of amides is 2. The summed E-state index contributed by atoms with van der Waals surface area (Å²) in [6.45, 7) is 3.86. The Bertz CT molecular complexity index is 909. The molecule has 3 heterocycles. The van der Waals surface area contributed by atoms with Crippen molar-refractivity contribution < 1.29 is 4.79 Å². The second kappa shape index (κ2) is 6.62. The van der Waals surface area contributed by atoms with Crippen molar-refractivity contribution in [1.29, 1.82) is 0 Å². The highest BCUT2D eigenvalue weighted by Gasteiger charge is 2.11. The van der Waals surface area contributed by atoms with E-state index < -0.39 is 6.03 Å². The minimum absolute atomic E-state index is 0.305. The highest BCUT2D eigenvalue weighted by Crippen LogP contribution is 2.17. The van der Waals surface area contributed by atoms with Crippen molar-refractivity contribution in [1.82, 2.24) is 34.3 Å². The zero-order valence-electron chi connectivity index (χ0n) is 12.8. The number of fused-ring (bicyclic) bond motifs is 1. The molecule has 0 saturated carbocycles. The van der Waals surface area contributed by atoms with Crippen molar-refractivity contribution in [3.05, 3.63) is 37.2 Å². The Morgan fingerprint density at radius 3 is 2.96 bits per heavy atom. The van der Waals surface area contributed by atoms with Gasteiger partial charge in [0, 0.05) is 7.05 Å². The van der Waals surface area contributed by atoms with Crippen LogP contribution >= 0.6 is 12.8 Å². The van der Waals surface area contributed by atoms with E-state index in [0.717, 1.165) is 0 Å². The minimum Gasteiger partial charge on any atom is -0.291 e. The Labute approximate surface area is 143 Å². The van der Waals surface area contributed by atoms with E-state index in [4.69, 9.17) is 0 Å². The quantitative estimate of drug-likeness (QED) is 0.552. The third-order valence-corrected chi connectivity index (χ3v) is 3.39. The molecular formula is C14H14N8OS. The maximum absolute atomic E-state index is 11.9. The topological polar surface area (TPSA) is 102 Å². The first-order valence-electron chi connectivity index (χ1n) is 6.95. The Morgan fingerprint density at radius 2 is 2.25 bits per heavy atom. The number of thiol groups is 1. The van der Waals surface area contributed by atoms with Gasteiger partial charge in [0.1, 0.15) is 22.7 Å². The van der Waals surface area contributed by atoms with Crippen LogP contribution in [0.3, 0.4) is 0 Å². The van der Waals surface area contributed by atoms with Crippen LogP contribution in [-0.2, 0) is 7.05 Å². The average molecular weight is 342 g/mol. The number of aryl methyl sites for hydroxylation is 1. The predicted octanol–water partition coefficient (Wildman–Crippen LogP) is 1.68. The van der Waals surface area contributed by atoms with E-state index in [1.807, 2.05) is 0 Å². The lowest BCUT2D eigenvalue weighted by Crippen LogP contribution is -2.27. The van der Waals surface area contributed by atoms with Gasteiger partial charge in [-0.05, 0) is 12.1 Å². The standard InChI is InChI=1S/C14H14N8OS/c1-3-6-22(24)14(23)18-12-5-4-9-13(17-12)16-10(7-15-9)11-8-21(2)20-19-11/h3-5,7-8,24H,1,6H2,2H3,(H,16,17,18,23). The molecule has 122 valence electrons. The molecule has 2 amide bonds. The molecule has 0 fully saturated rings. The van der Waals surface area contributed by atoms with Gasteiger partial charge in [-0.15, -0.1) is 11.7 Å². The molecule has 0 aliphatic rings. The molecule has 24 heavy (non-hydrogen) atoms. The number of anilines is 1. The van der Waals surface area contributed by atoms with Crippen molar-refractivity contribution in [3.63, 3.8) is 0 Å². The smallest absolute Gasteiger partial charge is 0.291 e. The Balaban J connectivity index is 1.89. The molecule has 3 rings (SSSR count). The second-order valence-corrected chi connectivity index (χ2v) is 5.36. The van der Waals surface area contributed by atoms with Crippen LogP contribution in [0.4, 0.5) is 10.6 Å². The van der Waals surface area contributed by atoms with Crippen LogP contribution in [0.5, 0.6) is 0 Å². The molecule has 0 bridgehead atoms. The summed E-state index contributed by atoms with van der Waals surface area (Å²) in [6, 6.07) is 2.96. The SMILES string of the molecule is C=CCN(S)C(=O)Nc1ccc2ncc(-c3cn(C)nn3)nc2n1. The first kappa shape index (κ1) is 15.9. The lowest BCUT2D eigenvalue weighted by atomic mass is 10.3. The first-order chi connectivity index (χ1) is 11.6. The normalized spacial score (nSPS) is 10.6. The number of nitrogens with one attached hydrogen (secondary N) is 1. The minimum atomic E-state index is -0.414. The van der Waals surface area contributed by atoms with Gasteiger partial charge < -0.3 is 0 Å². The number of carbonyl (C=O) groups excluding carboxylic acids is 1. The van der Waals surface area contributed by atoms with Crippen LogP contribution in [0.1, 0.15) is 0 Å². The molecule has 0 saturated heterocycles. The van der Waals surface area contributed by atoms with Crippen molar-refractivity contribution in [3.8, 4) is 11.4 Å². The zero-order chi connectivity index (χ0) is 17.1. The fraction of sp³-hybridized carbons (Fsp3) is 0.143. The van der Waals surface area contributed by atoms with E-state index in [9.17, 15) is 4.79 Å². The molecule has 3 aromatic rings. The molecule has 3 aromatic heterocycles. The van der Waals surface area contributed by atoms with Gasteiger partial charge in [-0.25, -0.2) is 14.8 Å². The van der Waals surface area contributed by atoms with Crippen molar-refractivity contribution in [2.75, 3.05) is 11.9 Å². The van der Waals surface area contributed by atoms with Gasteiger partial charge in [0.2, 0.25) is 0 Å². The van der Waals surface area contributed by atoms with Crippen LogP contribution in [0.15, 0.2) is 37.2 Å². The van der Waals surface area contributed by atoms with Gasteiger partial charge in [0.05, 0.1) is 18.9 Å². The van der Waals surface area contributed by atoms with Gasteiger partial charge in [0.15, 0.2) is 5.65 Å². The number of aromatic nitrogens is 6. The molecular weight excluding hydrogens is 328 g/mol. The van der Waals surface area contributed by atoms with E-state index in [-0.39, 0.29) is 0 Å². The van der Waals surface area contributed by atoms with E-state index in [1.165, 1.54) is 4.31 Å². The molecule has 0 aromatic carbocycles. The van der Waals surface area contributed by atoms with Gasteiger partial charge in [-0.3, -0.25) is 19.3 Å². The lowest BCUT2D eigenvalue weighted by molar-refractivity contribution is 0.241. The van der Waals surface area contributed by atoms with Crippen LogP contribution in [0.25, 0.3) is 22.6 Å². The summed E-state index contributed by atoms with van der Waals surface area (Å²) in [7, 11) is 1.77. The van der Waals surface area contributed by atoms with Gasteiger partial charge in [-0.1, -0.05) is 24.1 Å². The monoisotopic (exact) mass is 342 g/mol. The highest BCUT2D eigenvalue weighted by atomic mass is 32.1. The molecule has 0 aliphatic carbocycles. The summed E-state index contributed by atoms with van der Waals surface area (Å²) in [5, 5.41) is 10.5. The highest BCUT2D eigenvalue weighted by molar-refractivity contribution is 7.78. The van der Waals surface area contributed by atoms with Gasteiger partial charge in [-0.2, -0.15) is 0 Å². The summed E-state index contributed by atoms with van der Waals surface area (Å²) < 4.78 is 2.76. The van der Waals surface area contributed by atoms with Gasteiger partial charge >= 0.3 is 6.03 Å². The van der Waals surface area contributed by atoms with Crippen LogP contribution in [0, 0.1) is 0 Å². The molecule has 0 spiro atoms. The summed E-state index contributed by atoms with van der Waals surface area (Å²) in [6.07, 6.45) is 4.90. The summed E-state index contributed by atoms with van der Waals surface area (Å²) in [5.74, 6) is 0.348. The van der Waals surface area contributed by atoms with Gasteiger partial charge in [0.25, 0.3) is 0 Å². The summed E-state index contributed by atoms with van der Waals surface area (Å²) >= 11 is 4.05. The van der Waals surface area contributed by atoms with E-state index >= 15 is 0 Å². The number of rotatable bonds is 4. The predicted molar refractivity (Wildman–Crippen MR) is 92.2 cm³/mol. The number of hydrogen-bond donors (Lipinski definition) is 2. The molecule has 9 nitrogen and oxygen atoms in total. The molecule has 0 unspecified atom stereocenters. The van der Waals surface area contributed by atoms with Crippen molar-refractivity contribution in [2.24, 2.45) is 7.05 Å². The van der Waals surface area contributed by atoms with Crippen LogP contribution in [-0.4, -0.2) is 46.8 Å². The molecule has 0 aliphatic heterocycles. The van der Waals surface area contributed by atoms with Crippen LogP contribution in [0.2, 0.25) is 0 Å². The van der Waals surface area contributed by atoms with Crippen molar-refractivity contribution in [2.45, 2.75) is 0 Å². The lowest BCUT2D eigenvalue weighted by Gasteiger charge is -2.13. The molecule has 1 N–H and O–H groups in total. The van der Waals surface area contributed by atoms with E-state index in [1.54, 1.807) is 42.3 Å². The zero-order valence-corrected chi connectivity index (χ0v) is 13.7. The fourth-order valence-corrected chi connectivity index (χ4v) is 2.10. The molecule has 0 atom stereocenters. The number of carbonyl (C=O) groups is 1. The first-order valence-corrected chi connectivity index (χ1v) is 7.35. The number of urea groups is 1. The fourth-order valence-electron chi connectivity index (χ4n) is 1.93. The number of pyridine rings is 1. The van der Waals surface area contributed by atoms with E-state index in [0.29, 0.717) is 34.9 Å².